The van der Waals surface area contributed by atoms with Gasteiger partial charge in [-0.15, -0.1) is 0 Å². The minimum absolute atomic E-state index is 0.0194. The molecule has 88 valence electrons. The summed E-state index contributed by atoms with van der Waals surface area (Å²) >= 11 is 0. The standard InChI is InChI=1S/C12H18N2O2/c1-2-10-5-3-4-6-11(10)16-8-7-14-12(15)9-13/h3-6H,2,7-9,13H2,1H3,(H,14,15). The fraction of sp³-hybridized carbons (Fsp3) is 0.417. The number of carbonyl (C=O) groups is 1. The smallest absolute Gasteiger partial charge is 0.233 e. The maximum atomic E-state index is 10.9. The van der Waals surface area contributed by atoms with E-state index in [9.17, 15) is 4.79 Å². The number of amides is 1. The van der Waals surface area contributed by atoms with Crippen LogP contribution in [0.25, 0.3) is 0 Å². The predicted octanol–water partition coefficient (Wildman–Crippen LogP) is 0.703. The van der Waals surface area contributed by atoms with Crippen LogP contribution in [0.15, 0.2) is 24.3 Å². The summed E-state index contributed by atoms with van der Waals surface area (Å²) in [5.74, 6) is 0.722. The van der Waals surface area contributed by atoms with E-state index < -0.39 is 0 Å². The number of rotatable bonds is 6. The first kappa shape index (κ1) is 12.5. The molecule has 0 aromatic heterocycles. The first-order valence-electron chi connectivity index (χ1n) is 5.45. The van der Waals surface area contributed by atoms with Gasteiger partial charge in [-0.2, -0.15) is 0 Å². The third-order valence-corrected chi connectivity index (χ3v) is 2.22. The van der Waals surface area contributed by atoms with Crippen molar-refractivity contribution in [1.29, 1.82) is 0 Å². The van der Waals surface area contributed by atoms with E-state index in [0.29, 0.717) is 13.2 Å². The molecule has 4 nitrogen and oxygen atoms in total. The van der Waals surface area contributed by atoms with Crippen LogP contribution in [-0.2, 0) is 11.2 Å². The van der Waals surface area contributed by atoms with Gasteiger partial charge in [-0.05, 0) is 18.1 Å². The molecule has 1 aromatic carbocycles. The summed E-state index contributed by atoms with van der Waals surface area (Å²) in [6.07, 6.45) is 0.936. The fourth-order valence-electron chi connectivity index (χ4n) is 1.36. The molecule has 0 bridgehead atoms. The van der Waals surface area contributed by atoms with Gasteiger partial charge in [0.25, 0.3) is 0 Å². The van der Waals surface area contributed by atoms with Crippen LogP contribution in [0.2, 0.25) is 0 Å². The Kier molecular flexibility index (Phi) is 5.36. The van der Waals surface area contributed by atoms with E-state index >= 15 is 0 Å². The largest absolute Gasteiger partial charge is 0.491 e. The van der Waals surface area contributed by atoms with E-state index in [1.807, 2.05) is 24.3 Å². The van der Waals surface area contributed by atoms with Crippen molar-refractivity contribution in [2.75, 3.05) is 19.7 Å². The molecule has 0 atom stereocenters. The Labute approximate surface area is 95.8 Å². The number of aryl methyl sites for hydroxylation is 1. The molecule has 16 heavy (non-hydrogen) atoms. The Morgan fingerprint density at radius 3 is 2.88 bits per heavy atom. The second kappa shape index (κ2) is 6.85. The zero-order chi connectivity index (χ0) is 11.8. The second-order valence-corrected chi connectivity index (χ2v) is 3.36. The van der Waals surface area contributed by atoms with E-state index in [1.54, 1.807) is 0 Å². The highest BCUT2D eigenvalue weighted by atomic mass is 16.5. The topological polar surface area (TPSA) is 64.3 Å². The van der Waals surface area contributed by atoms with Gasteiger partial charge in [0.2, 0.25) is 5.91 Å². The van der Waals surface area contributed by atoms with Crippen molar-refractivity contribution in [2.45, 2.75) is 13.3 Å². The molecule has 0 heterocycles. The van der Waals surface area contributed by atoms with Gasteiger partial charge in [0.15, 0.2) is 0 Å². The van der Waals surface area contributed by atoms with Gasteiger partial charge in [0.1, 0.15) is 12.4 Å². The number of carbonyl (C=O) groups excluding carboxylic acids is 1. The van der Waals surface area contributed by atoms with Gasteiger partial charge in [-0.3, -0.25) is 4.79 Å². The lowest BCUT2D eigenvalue weighted by Crippen LogP contribution is -2.33. The molecule has 0 fully saturated rings. The second-order valence-electron chi connectivity index (χ2n) is 3.36. The SMILES string of the molecule is CCc1ccccc1OCCNC(=O)CN. The van der Waals surface area contributed by atoms with Gasteiger partial charge in [-0.25, -0.2) is 0 Å². The van der Waals surface area contributed by atoms with Crippen molar-refractivity contribution < 1.29 is 9.53 Å². The third-order valence-electron chi connectivity index (χ3n) is 2.22. The van der Waals surface area contributed by atoms with Crippen LogP contribution in [-0.4, -0.2) is 25.6 Å². The van der Waals surface area contributed by atoms with Crippen molar-refractivity contribution in [3.8, 4) is 5.75 Å². The van der Waals surface area contributed by atoms with E-state index in [1.165, 1.54) is 5.56 Å². The highest BCUT2D eigenvalue weighted by molar-refractivity contribution is 5.77. The molecule has 0 aliphatic heterocycles. The Morgan fingerprint density at radius 2 is 2.19 bits per heavy atom. The first-order chi connectivity index (χ1) is 7.77. The molecule has 0 spiro atoms. The number of para-hydroxylation sites is 1. The zero-order valence-corrected chi connectivity index (χ0v) is 9.53. The van der Waals surface area contributed by atoms with Crippen molar-refractivity contribution in [3.05, 3.63) is 29.8 Å². The Balaban J connectivity index is 2.34. The highest BCUT2D eigenvalue weighted by Crippen LogP contribution is 2.17. The van der Waals surface area contributed by atoms with E-state index in [-0.39, 0.29) is 12.5 Å². The lowest BCUT2D eigenvalue weighted by molar-refractivity contribution is -0.119. The van der Waals surface area contributed by atoms with E-state index in [2.05, 4.69) is 12.2 Å². The summed E-state index contributed by atoms with van der Waals surface area (Å²) in [6.45, 7) is 3.04. The van der Waals surface area contributed by atoms with Crippen molar-refractivity contribution in [3.63, 3.8) is 0 Å². The maximum Gasteiger partial charge on any atom is 0.233 e. The number of hydrogen-bond donors (Lipinski definition) is 2. The molecule has 4 heteroatoms. The highest BCUT2D eigenvalue weighted by Gasteiger charge is 2.00. The minimum atomic E-state index is -0.160. The minimum Gasteiger partial charge on any atom is -0.491 e. The first-order valence-corrected chi connectivity index (χ1v) is 5.45. The van der Waals surface area contributed by atoms with Gasteiger partial charge >= 0.3 is 0 Å². The van der Waals surface area contributed by atoms with Crippen LogP contribution in [0.5, 0.6) is 5.75 Å². The summed E-state index contributed by atoms with van der Waals surface area (Å²) in [4.78, 5) is 10.9. The molecule has 0 unspecified atom stereocenters. The summed E-state index contributed by atoms with van der Waals surface area (Å²) < 4.78 is 5.57. The number of hydrogen-bond acceptors (Lipinski definition) is 3. The quantitative estimate of drug-likeness (QED) is 0.696. The Bertz CT molecular complexity index is 340. The van der Waals surface area contributed by atoms with Gasteiger partial charge in [0, 0.05) is 0 Å². The number of ether oxygens (including phenoxy) is 1. The summed E-state index contributed by atoms with van der Waals surface area (Å²) in [5, 5.41) is 2.65. The van der Waals surface area contributed by atoms with Gasteiger partial charge in [0.05, 0.1) is 13.1 Å². The van der Waals surface area contributed by atoms with E-state index in [0.717, 1.165) is 12.2 Å². The Morgan fingerprint density at radius 1 is 1.44 bits per heavy atom. The number of nitrogens with one attached hydrogen (secondary N) is 1. The fourth-order valence-corrected chi connectivity index (χ4v) is 1.36. The molecule has 0 saturated heterocycles. The Hall–Kier alpha value is -1.55. The molecule has 1 aromatic rings. The lowest BCUT2D eigenvalue weighted by atomic mass is 10.1. The van der Waals surface area contributed by atoms with Crippen LogP contribution in [0.3, 0.4) is 0 Å². The van der Waals surface area contributed by atoms with Crippen LogP contribution in [0.4, 0.5) is 0 Å². The van der Waals surface area contributed by atoms with Gasteiger partial charge in [-0.1, -0.05) is 25.1 Å². The van der Waals surface area contributed by atoms with Crippen LogP contribution >= 0.6 is 0 Å². The lowest BCUT2D eigenvalue weighted by Gasteiger charge is -2.10. The predicted molar refractivity (Wildman–Crippen MR) is 63.4 cm³/mol. The number of nitrogens with two attached hydrogens (primary N) is 1. The summed E-state index contributed by atoms with van der Waals surface area (Å²) in [6, 6.07) is 7.90. The molecular formula is C12H18N2O2. The molecule has 0 saturated carbocycles. The monoisotopic (exact) mass is 222 g/mol. The average molecular weight is 222 g/mol. The number of benzene rings is 1. The molecule has 1 rings (SSSR count). The summed E-state index contributed by atoms with van der Waals surface area (Å²) in [7, 11) is 0. The van der Waals surface area contributed by atoms with Crippen LogP contribution in [0, 0.1) is 0 Å². The van der Waals surface area contributed by atoms with Crippen molar-refractivity contribution >= 4 is 5.91 Å². The van der Waals surface area contributed by atoms with Gasteiger partial charge < -0.3 is 15.8 Å². The molecule has 1 amide bonds. The van der Waals surface area contributed by atoms with Crippen LogP contribution in [0.1, 0.15) is 12.5 Å². The zero-order valence-electron chi connectivity index (χ0n) is 9.53. The van der Waals surface area contributed by atoms with E-state index in [4.69, 9.17) is 10.5 Å². The third kappa shape index (κ3) is 3.90. The molecule has 0 radical (unpaired) electrons. The van der Waals surface area contributed by atoms with Crippen molar-refractivity contribution in [2.24, 2.45) is 5.73 Å². The molecule has 0 aliphatic carbocycles. The normalized spacial score (nSPS) is 9.88. The molecule has 3 N–H and O–H groups in total. The maximum absolute atomic E-state index is 10.9. The molecule has 0 aliphatic rings. The molecular weight excluding hydrogens is 204 g/mol. The average Bonchev–Trinajstić information content (AvgIpc) is 2.34. The van der Waals surface area contributed by atoms with Crippen LogP contribution < -0.4 is 15.8 Å². The van der Waals surface area contributed by atoms with Crippen molar-refractivity contribution in [1.82, 2.24) is 5.32 Å². The summed E-state index contributed by atoms with van der Waals surface area (Å²) in [5.41, 5.74) is 6.33.